The molecular weight excluding hydrogens is 431 g/mol. The number of benzene rings is 2. The predicted octanol–water partition coefficient (Wildman–Crippen LogP) is 3.33. The van der Waals surface area contributed by atoms with Crippen molar-refractivity contribution in [2.45, 2.75) is 0 Å². The Morgan fingerprint density at radius 1 is 1.16 bits per heavy atom. The molecule has 2 aromatic carbocycles. The molecule has 3 heterocycles. The number of likely N-dealkylation sites (N-methyl/N-ethyl adjacent to an activating group) is 1. The van der Waals surface area contributed by atoms with Gasteiger partial charge in [0, 0.05) is 50.5 Å². The first-order valence-corrected chi connectivity index (χ1v) is 11.1. The van der Waals surface area contributed by atoms with Crippen LogP contribution in [-0.4, -0.2) is 65.9 Å². The normalized spacial score (nSPS) is 14.9. The van der Waals surface area contributed by atoms with Gasteiger partial charge in [-0.25, -0.2) is 9.37 Å². The zero-order valence-corrected chi connectivity index (χ0v) is 18.9. The average molecular weight is 455 g/mol. The van der Waals surface area contributed by atoms with Crippen LogP contribution in [0.25, 0.3) is 21.1 Å². The first-order chi connectivity index (χ1) is 15.4. The Kier molecular flexibility index (Phi) is 5.18. The molecule has 0 spiro atoms. The molecule has 1 aliphatic rings. The number of halogens is 1. The lowest BCUT2D eigenvalue weighted by molar-refractivity contribution is 0.102. The van der Waals surface area contributed by atoms with E-state index in [0.29, 0.717) is 27.3 Å². The topological polar surface area (TPSA) is 75.5 Å². The first kappa shape index (κ1) is 20.7. The fourth-order valence-electron chi connectivity index (χ4n) is 4.02. The zero-order chi connectivity index (χ0) is 22.4. The van der Waals surface area contributed by atoms with Gasteiger partial charge in [0.1, 0.15) is 11.0 Å². The number of amides is 1. The summed E-state index contributed by atoms with van der Waals surface area (Å²) in [5.74, 6) is -0.834. The summed E-state index contributed by atoms with van der Waals surface area (Å²) >= 11 is 1.42. The van der Waals surface area contributed by atoms with Crippen LogP contribution < -0.4 is 15.0 Å². The summed E-state index contributed by atoms with van der Waals surface area (Å²) in [4.78, 5) is 22.3. The summed E-state index contributed by atoms with van der Waals surface area (Å²) in [5, 5.41) is 8.03. The number of hydrogen-bond donors (Lipinski definition) is 1. The minimum atomic E-state index is -0.482. The summed E-state index contributed by atoms with van der Waals surface area (Å²) in [5.41, 5.74) is 2.70. The number of anilines is 2. The van der Waals surface area contributed by atoms with Gasteiger partial charge < -0.3 is 19.9 Å². The number of aryl methyl sites for hydroxylation is 1. The molecule has 0 aliphatic carbocycles. The Hall–Kier alpha value is -3.24. The molecule has 2 aromatic heterocycles. The third-order valence-electron chi connectivity index (χ3n) is 5.70. The second-order valence-electron chi connectivity index (χ2n) is 7.94. The van der Waals surface area contributed by atoms with Crippen molar-refractivity contribution in [3.05, 3.63) is 41.8 Å². The van der Waals surface area contributed by atoms with E-state index in [1.807, 2.05) is 6.07 Å². The van der Waals surface area contributed by atoms with E-state index in [1.165, 1.54) is 17.4 Å². The lowest BCUT2D eigenvalue weighted by Crippen LogP contribution is -2.44. The first-order valence-electron chi connectivity index (χ1n) is 10.3. The zero-order valence-electron chi connectivity index (χ0n) is 18.1. The monoisotopic (exact) mass is 454 g/mol. The Labute approximate surface area is 188 Å². The summed E-state index contributed by atoms with van der Waals surface area (Å²) < 4.78 is 22.3. The maximum absolute atomic E-state index is 14.4. The molecule has 4 aromatic rings. The minimum Gasteiger partial charge on any atom is -0.473 e. The second kappa shape index (κ2) is 8.03. The van der Waals surface area contributed by atoms with Crippen LogP contribution in [0.3, 0.4) is 0 Å². The maximum Gasteiger partial charge on any atom is 0.274 e. The molecule has 1 N–H and O–H groups in total. The van der Waals surface area contributed by atoms with Crippen LogP contribution in [0.5, 0.6) is 5.19 Å². The summed E-state index contributed by atoms with van der Waals surface area (Å²) in [6.07, 6.45) is 1.71. The molecule has 1 saturated heterocycles. The van der Waals surface area contributed by atoms with Crippen LogP contribution in [0.15, 0.2) is 30.5 Å². The number of fused-ring (bicyclic) bond motifs is 2. The van der Waals surface area contributed by atoms with Crippen molar-refractivity contribution >= 4 is 49.7 Å². The van der Waals surface area contributed by atoms with Crippen molar-refractivity contribution in [3.8, 4) is 5.19 Å². The highest BCUT2D eigenvalue weighted by atomic mass is 32.1. The van der Waals surface area contributed by atoms with Crippen LogP contribution in [0, 0.1) is 5.82 Å². The maximum atomic E-state index is 14.4. The van der Waals surface area contributed by atoms with Crippen molar-refractivity contribution < 1.29 is 13.9 Å². The summed E-state index contributed by atoms with van der Waals surface area (Å²) in [7, 11) is 5.41. The van der Waals surface area contributed by atoms with E-state index in [0.717, 1.165) is 36.6 Å². The standard InChI is InChI=1S/C22H23FN6O2S/c1-27-6-8-29(9-7-27)17-5-4-15(19-20(17)32-22(25-19)31-3)21(30)24-14-10-13-12-28(2)26-18(13)16(23)11-14/h4-5,10-12H,6-9H2,1-3H3,(H,24,30). The fraction of sp³-hybridized carbons (Fsp3) is 0.318. The van der Waals surface area contributed by atoms with Gasteiger partial charge in [-0.2, -0.15) is 5.10 Å². The van der Waals surface area contributed by atoms with Gasteiger partial charge in [-0.1, -0.05) is 11.3 Å². The fourth-order valence-corrected chi connectivity index (χ4v) is 4.97. The Morgan fingerprint density at radius 3 is 2.69 bits per heavy atom. The number of carbonyl (C=O) groups is 1. The number of nitrogens with zero attached hydrogens (tertiary/aromatic N) is 5. The number of thiazole rings is 1. The third-order valence-corrected chi connectivity index (χ3v) is 6.74. The number of hydrogen-bond acceptors (Lipinski definition) is 7. The number of rotatable bonds is 4. The largest absolute Gasteiger partial charge is 0.473 e. The quantitative estimate of drug-likeness (QED) is 0.510. The highest BCUT2D eigenvalue weighted by molar-refractivity contribution is 7.21. The van der Waals surface area contributed by atoms with Crippen LogP contribution in [0.2, 0.25) is 0 Å². The SMILES string of the molecule is COc1nc2c(C(=O)Nc3cc(F)c4nn(C)cc4c3)ccc(N3CCN(C)CC3)c2s1. The molecule has 32 heavy (non-hydrogen) atoms. The van der Waals surface area contributed by atoms with Crippen molar-refractivity contribution in [1.82, 2.24) is 19.7 Å². The van der Waals surface area contributed by atoms with Crippen molar-refractivity contribution in [2.75, 3.05) is 50.6 Å². The number of ether oxygens (including phenoxy) is 1. The van der Waals surface area contributed by atoms with E-state index in [1.54, 1.807) is 37.2 Å². The van der Waals surface area contributed by atoms with Gasteiger partial charge in [-0.15, -0.1) is 0 Å². The molecule has 8 nitrogen and oxygen atoms in total. The second-order valence-corrected chi connectivity index (χ2v) is 8.90. The Balaban J connectivity index is 1.50. The van der Waals surface area contributed by atoms with Gasteiger partial charge in [0.25, 0.3) is 11.1 Å². The van der Waals surface area contributed by atoms with E-state index in [-0.39, 0.29) is 11.4 Å². The van der Waals surface area contributed by atoms with Gasteiger partial charge in [0.15, 0.2) is 5.82 Å². The van der Waals surface area contributed by atoms with E-state index < -0.39 is 5.82 Å². The third kappa shape index (κ3) is 3.65. The highest BCUT2D eigenvalue weighted by Gasteiger charge is 2.23. The van der Waals surface area contributed by atoms with Gasteiger partial charge in [0.2, 0.25) is 0 Å². The van der Waals surface area contributed by atoms with Gasteiger partial charge >= 0.3 is 0 Å². The Morgan fingerprint density at radius 2 is 1.94 bits per heavy atom. The van der Waals surface area contributed by atoms with E-state index >= 15 is 0 Å². The van der Waals surface area contributed by atoms with Crippen LogP contribution in [-0.2, 0) is 7.05 Å². The van der Waals surface area contributed by atoms with E-state index in [9.17, 15) is 9.18 Å². The lowest BCUT2D eigenvalue weighted by Gasteiger charge is -2.34. The van der Waals surface area contributed by atoms with E-state index in [2.05, 4.69) is 32.2 Å². The number of nitrogens with one attached hydrogen (secondary N) is 1. The average Bonchev–Trinajstić information content (AvgIpc) is 3.37. The molecule has 1 amide bonds. The van der Waals surface area contributed by atoms with Crippen molar-refractivity contribution in [1.29, 1.82) is 0 Å². The molecule has 1 aliphatic heterocycles. The van der Waals surface area contributed by atoms with Gasteiger partial charge in [-0.3, -0.25) is 9.48 Å². The van der Waals surface area contributed by atoms with Gasteiger partial charge in [0.05, 0.1) is 23.1 Å². The summed E-state index contributed by atoms with van der Waals surface area (Å²) in [6.45, 7) is 3.76. The lowest BCUT2D eigenvalue weighted by atomic mass is 10.1. The molecule has 0 unspecified atom stereocenters. The molecule has 0 bridgehead atoms. The smallest absolute Gasteiger partial charge is 0.274 e. The molecule has 0 radical (unpaired) electrons. The molecule has 10 heteroatoms. The predicted molar refractivity (Wildman–Crippen MR) is 125 cm³/mol. The number of piperazine rings is 1. The Bertz CT molecular complexity index is 1330. The number of aromatic nitrogens is 3. The molecular formula is C22H23FN6O2S. The number of carbonyl (C=O) groups excluding carboxylic acids is 1. The number of methoxy groups -OCH3 is 1. The van der Waals surface area contributed by atoms with Crippen molar-refractivity contribution in [3.63, 3.8) is 0 Å². The van der Waals surface area contributed by atoms with Crippen LogP contribution >= 0.6 is 11.3 Å². The summed E-state index contributed by atoms with van der Waals surface area (Å²) in [6, 6.07) is 6.74. The van der Waals surface area contributed by atoms with Crippen LogP contribution in [0.1, 0.15) is 10.4 Å². The molecule has 0 atom stereocenters. The molecule has 0 saturated carbocycles. The molecule has 5 rings (SSSR count). The van der Waals surface area contributed by atoms with Gasteiger partial charge in [-0.05, 0) is 31.3 Å². The van der Waals surface area contributed by atoms with Crippen LogP contribution in [0.4, 0.5) is 15.8 Å². The van der Waals surface area contributed by atoms with E-state index in [4.69, 9.17) is 4.74 Å². The molecule has 1 fully saturated rings. The minimum absolute atomic E-state index is 0.272. The highest BCUT2D eigenvalue weighted by Crippen LogP contribution is 2.38. The van der Waals surface area contributed by atoms with Crippen molar-refractivity contribution in [2.24, 2.45) is 7.05 Å². The molecule has 166 valence electrons.